The molecule has 11 heavy (non-hydrogen) atoms. The standard InChI is InChI=1S/C9H18N2/c1-8(2)5-9(6-8,11-4)7-10-3/h10H,4-7H2,1-3H3. The Morgan fingerprint density at radius 3 is 2.27 bits per heavy atom. The van der Waals surface area contributed by atoms with Gasteiger partial charge in [-0.15, -0.1) is 0 Å². The van der Waals surface area contributed by atoms with Gasteiger partial charge in [0, 0.05) is 6.54 Å². The van der Waals surface area contributed by atoms with Gasteiger partial charge in [0.2, 0.25) is 0 Å². The molecule has 0 aromatic rings. The summed E-state index contributed by atoms with van der Waals surface area (Å²) < 4.78 is 0. The highest BCUT2D eigenvalue weighted by molar-refractivity contribution is 5.28. The fraction of sp³-hybridized carbons (Fsp3) is 0.889. The molecular weight excluding hydrogens is 136 g/mol. The van der Waals surface area contributed by atoms with Gasteiger partial charge < -0.3 is 5.32 Å². The summed E-state index contributed by atoms with van der Waals surface area (Å²) in [6.45, 7) is 9.19. The van der Waals surface area contributed by atoms with E-state index < -0.39 is 0 Å². The summed E-state index contributed by atoms with van der Waals surface area (Å²) in [7, 11) is 1.97. The third-order valence-electron chi connectivity index (χ3n) is 2.46. The minimum absolute atomic E-state index is 0.151. The molecule has 64 valence electrons. The van der Waals surface area contributed by atoms with Crippen molar-refractivity contribution < 1.29 is 0 Å². The highest BCUT2D eigenvalue weighted by Crippen LogP contribution is 2.49. The van der Waals surface area contributed by atoms with E-state index in [0.717, 1.165) is 6.54 Å². The van der Waals surface area contributed by atoms with E-state index >= 15 is 0 Å². The molecule has 0 amide bonds. The van der Waals surface area contributed by atoms with E-state index in [9.17, 15) is 0 Å². The lowest BCUT2D eigenvalue weighted by Crippen LogP contribution is -2.52. The zero-order chi connectivity index (χ0) is 8.54. The van der Waals surface area contributed by atoms with Crippen LogP contribution in [0.5, 0.6) is 0 Å². The van der Waals surface area contributed by atoms with Crippen molar-refractivity contribution in [1.82, 2.24) is 5.32 Å². The Morgan fingerprint density at radius 2 is 2.00 bits per heavy atom. The Hall–Kier alpha value is -0.370. The van der Waals surface area contributed by atoms with Crippen molar-refractivity contribution in [2.24, 2.45) is 10.4 Å². The Morgan fingerprint density at radius 1 is 1.45 bits per heavy atom. The zero-order valence-electron chi connectivity index (χ0n) is 7.78. The lowest BCUT2D eigenvalue weighted by Gasteiger charge is -2.50. The van der Waals surface area contributed by atoms with Crippen molar-refractivity contribution in [2.75, 3.05) is 13.6 Å². The highest BCUT2D eigenvalue weighted by Gasteiger charge is 2.47. The normalized spacial score (nSPS) is 25.7. The second-order valence-corrected chi connectivity index (χ2v) is 4.43. The van der Waals surface area contributed by atoms with Crippen molar-refractivity contribution in [1.29, 1.82) is 0 Å². The largest absolute Gasteiger partial charge is 0.317 e. The first-order chi connectivity index (χ1) is 5.04. The number of rotatable bonds is 3. The van der Waals surface area contributed by atoms with Gasteiger partial charge in [-0.2, -0.15) is 0 Å². The topological polar surface area (TPSA) is 24.4 Å². The number of hydrogen-bond donors (Lipinski definition) is 1. The summed E-state index contributed by atoms with van der Waals surface area (Å²) in [5.41, 5.74) is 0.635. The number of nitrogens with one attached hydrogen (secondary N) is 1. The summed E-state index contributed by atoms with van der Waals surface area (Å²) in [5, 5.41) is 3.17. The third-order valence-corrected chi connectivity index (χ3v) is 2.46. The van der Waals surface area contributed by atoms with Crippen molar-refractivity contribution in [3.05, 3.63) is 0 Å². The highest BCUT2D eigenvalue weighted by atomic mass is 15.0. The molecule has 0 aromatic carbocycles. The summed E-state index contributed by atoms with van der Waals surface area (Å²) >= 11 is 0. The van der Waals surface area contributed by atoms with Crippen LogP contribution in [0.3, 0.4) is 0 Å². The van der Waals surface area contributed by atoms with Crippen molar-refractivity contribution >= 4 is 6.72 Å². The van der Waals surface area contributed by atoms with Crippen LogP contribution in [0.1, 0.15) is 26.7 Å². The van der Waals surface area contributed by atoms with E-state index in [1.165, 1.54) is 12.8 Å². The summed E-state index contributed by atoms with van der Waals surface area (Å²) in [4.78, 5) is 4.20. The quantitative estimate of drug-likeness (QED) is 0.612. The van der Waals surface area contributed by atoms with Crippen LogP contribution in [0.15, 0.2) is 4.99 Å². The Labute approximate surface area is 69.1 Å². The van der Waals surface area contributed by atoms with E-state index in [1.807, 2.05) is 7.05 Å². The van der Waals surface area contributed by atoms with Crippen LogP contribution in [0, 0.1) is 5.41 Å². The van der Waals surface area contributed by atoms with Gasteiger partial charge in [-0.1, -0.05) is 13.8 Å². The monoisotopic (exact) mass is 154 g/mol. The Balaban J connectivity index is 2.49. The first-order valence-electron chi connectivity index (χ1n) is 4.16. The fourth-order valence-corrected chi connectivity index (χ4v) is 2.35. The molecule has 0 unspecified atom stereocenters. The van der Waals surface area contributed by atoms with Crippen LogP contribution in [0.4, 0.5) is 0 Å². The maximum Gasteiger partial charge on any atom is 0.0734 e. The van der Waals surface area contributed by atoms with Crippen molar-refractivity contribution in [3.63, 3.8) is 0 Å². The average molecular weight is 154 g/mol. The molecule has 0 spiro atoms. The van der Waals surface area contributed by atoms with Crippen LogP contribution in [-0.4, -0.2) is 25.8 Å². The molecular formula is C9H18N2. The minimum Gasteiger partial charge on any atom is -0.317 e. The fourth-order valence-electron chi connectivity index (χ4n) is 2.35. The number of likely N-dealkylation sites (N-methyl/N-ethyl adjacent to an activating group) is 1. The molecule has 1 aliphatic carbocycles. The molecule has 1 rings (SSSR count). The first-order valence-corrected chi connectivity index (χ1v) is 4.16. The molecule has 1 fully saturated rings. The van der Waals surface area contributed by atoms with Gasteiger partial charge in [-0.05, 0) is 32.0 Å². The van der Waals surface area contributed by atoms with Crippen molar-refractivity contribution in [3.8, 4) is 0 Å². The zero-order valence-corrected chi connectivity index (χ0v) is 7.78. The van der Waals surface area contributed by atoms with Crippen LogP contribution < -0.4 is 5.32 Å². The van der Waals surface area contributed by atoms with Gasteiger partial charge >= 0.3 is 0 Å². The molecule has 0 atom stereocenters. The molecule has 2 heteroatoms. The van der Waals surface area contributed by atoms with Gasteiger partial charge in [0.25, 0.3) is 0 Å². The van der Waals surface area contributed by atoms with E-state index in [1.54, 1.807) is 0 Å². The maximum atomic E-state index is 4.20. The van der Waals surface area contributed by atoms with Crippen LogP contribution in [0.25, 0.3) is 0 Å². The van der Waals surface area contributed by atoms with Gasteiger partial charge in [-0.25, -0.2) is 0 Å². The molecule has 0 radical (unpaired) electrons. The lowest BCUT2D eigenvalue weighted by atomic mass is 9.59. The summed E-state index contributed by atoms with van der Waals surface area (Å²) in [6.07, 6.45) is 2.34. The SMILES string of the molecule is C=NC1(CNC)CC(C)(C)C1. The van der Waals surface area contributed by atoms with E-state index in [2.05, 4.69) is 30.9 Å². The molecule has 1 saturated carbocycles. The predicted octanol–water partition coefficient (Wildman–Crippen LogP) is 1.47. The van der Waals surface area contributed by atoms with E-state index in [4.69, 9.17) is 0 Å². The van der Waals surface area contributed by atoms with Crippen LogP contribution in [0.2, 0.25) is 0 Å². The number of hydrogen-bond acceptors (Lipinski definition) is 2. The molecule has 1 N–H and O–H groups in total. The summed E-state index contributed by atoms with van der Waals surface area (Å²) in [6, 6.07) is 0. The molecule has 0 aliphatic heterocycles. The average Bonchev–Trinajstić information content (AvgIpc) is 1.84. The summed E-state index contributed by atoms with van der Waals surface area (Å²) in [5.74, 6) is 0. The minimum atomic E-state index is 0.151. The van der Waals surface area contributed by atoms with Crippen molar-refractivity contribution in [2.45, 2.75) is 32.2 Å². The molecule has 0 saturated heterocycles. The van der Waals surface area contributed by atoms with Crippen LogP contribution >= 0.6 is 0 Å². The van der Waals surface area contributed by atoms with E-state index in [0.29, 0.717) is 5.41 Å². The molecule has 0 aromatic heterocycles. The van der Waals surface area contributed by atoms with Gasteiger partial charge in [0.1, 0.15) is 0 Å². The number of nitrogens with zero attached hydrogens (tertiary/aromatic N) is 1. The smallest absolute Gasteiger partial charge is 0.0734 e. The molecule has 2 nitrogen and oxygen atoms in total. The second kappa shape index (κ2) is 2.59. The van der Waals surface area contributed by atoms with Gasteiger partial charge in [0.05, 0.1) is 5.54 Å². The lowest BCUT2D eigenvalue weighted by molar-refractivity contribution is 0.0678. The van der Waals surface area contributed by atoms with E-state index in [-0.39, 0.29) is 5.54 Å². The Kier molecular flexibility index (Phi) is 2.06. The molecule has 1 aliphatic rings. The van der Waals surface area contributed by atoms with Crippen LogP contribution in [-0.2, 0) is 0 Å². The molecule has 0 bridgehead atoms. The first kappa shape index (κ1) is 8.72. The van der Waals surface area contributed by atoms with Gasteiger partial charge in [-0.3, -0.25) is 4.99 Å². The Bertz CT molecular complexity index is 153. The molecule has 0 heterocycles. The second-order valence-electron chi connectivity index (χ2n) is 4.43. The predicted molar refractivity (Wildman–Crippen MR) is 49.2 cm³/mol. The van der Waals surface area contributed by atoms with Gasteiger partial charge in [0.15, 0.2) is 0 Å². The third kappa shape index (κ3) is 1.62. The maximum absolute atomic E-state index is 4.20. The number of aliphatic imine (C=N–C) groups is 1.